The Hall–Kier alpha value is -3.22. The Morgan fingerprint density at radius 3 is 2.65 bits per heavy atom. The van der Waals surface area contributed by atoms with Crippen molar-refractivity contribution in [2.45, 2.75) is 59.4 Å². The summed E-state index contributed by atoms with van der Waals surface area (Å²) in [5.41, 5.74) is 3.69. The molecule has 1 N–H and O–H groups in total. The summed E-state index contributed by atoms with van der Waals surface area (Å²) < 4.78 is 15.0. The number of hydrogen-bond donors (Lipinski definition) is 1. The van der Waals surface area contributed by atoms with Crippen LogP contribution in [0.4, 0.5) is 0 Å². The molecule has 1 aliphatic heterocycles. The van der Waals surface area contributed by atoms with Crippen LogP contribution in [0.2, 0.25) is 0 Å². The van der Waals surface area contributed by atoms with E-state index in [0.29, 0.717) is 26.2 Å². The predicted molar refractivity (Wildman–Crippen MR) is 120 cm³/mol. The minimum absolute atomic E-state index is 0.0833. The molecule has 164 valence electrons. The molecule has 2 heterocycles. The molecule has 0 saturated carbocycles. The van der Waals surface area contributed by atoms with Gasteiger partial charge in [0.2, 0.25) is 5.91 Å². The zero-order valence-electron chi connectivity index (χ0n) is 18.3. The second kappa shape index (κ2) is 8.88. The lowest BCUT2D eigenvalue weighted by Gasteiger charge is -2.13. The maximum absolute atomic E-state index is 12.7. The average molecular weight is 424 g/mol. The van der Waals surface area contributed by atoms with E-state index in [1.54, 1.807) is 9.13 Å². The summed E-state index contributed by atoms with van der Waals surface area (Å²) in [4.78, 5) is 25.3. The van der Waals surface area contributed by atoms with Crippen LogP contribution < -0.4 is 20.5 Å². The minimum Gasteiger partial charge on any atom is -0.494 e. The zero-order valence-corrected chi connectivity index (χ0v) is 18.3. The lowest BCUT2D eigenvalue weighted by molar-refractivity contribution is -0.121. The van der Waals surface area contributed by atoms with Crippen LogP contribution in [0.1, 0.15) is 38.3 Å². The molecule has 0 radical (unpaired) electrons. The number of imidazole rings is 1. The second-order valence-electron chi connectivity index (χ2n) is 7.83. The number of fused-ring (bicyclic) bond motifs is 2. The van der Waals surface area contributed by atoms with Gasteiger partial charge in [-0.2, -0.15) is 0 Å². The fourth-order valence-electron chi connectivity index (χ4n) is 4.20. The van der Waals surface area contributed by atoms with E-state index in [2.05, 4.69) is 5.32 Å². The van der Waals surface area contributed by atoms with E-state index >= 15 is 0 Å². The van der Waals surface area contributed by atoms with Gasteiger partial charge in [0.15, 0.2) is 0 Å². The molecule has 0 saturated heterocycles. The molecule has 0 fully saturated rings. The number of benzene rings is 2. The second-order valence-corrected chi connectivity index (χ2v) is 7.83. The van der Waals surface area contributed by atoms with Gasteiger partial charge >= 0.3 is 5.69 Å². The summed E-state index contributed by atoms with van der Waals surface area (Å²) in [6.07, 6.45) is 1.24. The molecule has 3 aromatic rings. The molecule has 4 rings (SSSR count). The smallest absolute Gasteiger partial charge is 0.329 e. The van der Waals surface area contributed by atoms with Crippen LogP contribution in [-0.4, -0.2) is 27.8 Å². The number of ether oxygens (including phenoxy) is 2. The number of carbonyl (C=O) groups excluding carboxylic acids is 1. The van der Waals surface area contributed by atoms with E-state index in [4.69, 9.17) is 9.47 Å². The number of aryl methyl sites for hydroxylation is 2. The Kier molecular flexibility index (Phi) is 6.02. The fourth-order valence-corrected chi connectivity index (χ4v) is 4.20. The largest absolute Gasteiger partial charge is 0.494 e. The van der Waals surface area contributed by atoms with Gasteiger partial charge in [-0.3, -0.25) is 13.9 Å². The summed E-state index contributed by atoms with van der Waals surface area (Å²) in [6, 6.07) is 11.7. The Bertz CT molecular complexity index is 1160. The van der Waals surface area contributed by atoms with Crippen molar-refractivity contribution in [1.29, 1.82) is 0 Å². The summed E-state index contributed by atoms with van der Waals surface area (Å²) in [5, 5.41) is 2.96. The SMILES string of the molecule is CCOc1cc2c(cc1CNC(=O)CCn1c(=O)n(CC)c3ccccc31)O[C@H](C)C2. The van der Waals surface area contributed by atoms with Crippen molar-refractivity contribution in [2.75, 3.05) is 6.61 Å². The highest BCUT2D eigenvalue weighted by Crippen LogP contribution is 2.35. The van der Waals surface area contributed by atoms with E-state index in [0.717, 1.165) is 40.1 Å². The molecular weight excluding hydrogens is 394 g/mol. The summed E-state index contributed by atoms with van der Waals surface area (Å²) >= 11 is 0. The number of rotatable bonds is 8. The first-order valence-corrected chi connectivity index (χ1v) is 10.9. The van der Waals surface area contributed by atoms with Crippen molar-refractivity contribution in [3.8, 4) is 11.5 Å². The number of para-hydroxylation sites is 2. The van der Waals surface area contributed by atoms with E-state index in [9.17, 15) is 9.59 Å². The molecule has 7 nitrogen and oxygen atoms in total. The summed E-state index contributed by atoms with van der Waals surface area (Å²) in [7, 11) is 0. The van der Waals surface area contributed by atoms with E-state index in [1.807, 2.05) is 57.2 Å². The first kappa shape index (κ1) is 21.0. The van der Waals surface area contributed by atoms with Crippen LogP contribution in [0.15, 0.2) is 41.2 Å². The highest BCUT2D eigenvalue weighted by atomic mass is 16.5. The van der Waals surface area contributed by atoms with Crippen LogP contribution in [0, 0.1) is 0 Å². The van der Waals surface area contributed by atoms with Gasteiger partial charge in [-0.1, -0.05) is 12.1 Å². The predicted octanol–water partition coefficient (Wildman–Crippen LogP) is 3.25. The van der Waals surface area contributed by atoms with Crippen molar-refractivity contribution in [3.05, 3.63) is 58.0 Å². The standard InChI is InChI=1S/C24H29N3O4/c1-4-26-19-8-6-7-9-20(19)27(24(26)29)11-10-23(28)25-15-18-14-22-17(12-16(3)31-22)13-21(18)30-5-2/h6-9,13-14,16H,4-5,10-12,15H2,1-3H3,(H,25,28)/t16-/m1/s1. The van der Waals surface area contributed by atoms with E-state index < -0.39 is 0 Å². The van der Waals surface area contributed by atoms with Crippen molar-refractivity contribution < 1.29 is 14.3 Å². The third-order valence-corrected chi connectivity index (χ3v) is 5.66. The van der Waals surface area contributed by atoms with Crippen molar-refractivity contribution in [1.82, 2.24) is 14.5 Å². The van der Waals surface area contributed by atoms with Gasteiger partial charge in [-0.05, 0) is 45.0 Å². The van der Waals surface area contributed by atoms with Gasteiger partial charge in [0, 0.05) is 43.6 Å². The van der Waals surface area contributed by atoms with Crippen molar-refractivity contribution in [3.63, 3.8) is 0 Å². The molecule has 1 aromatic heterocycles. The molecule has 1 atom stereocenters. The van der Waals surface area contributed by atoms with Gasteiger partial charge < -0.3 is 14.8 Å². The summed E-state index contributed by atoms with van der Waals surface area (Å²) in [6.45, 7) is 7.77. The van der Waals surface area contributed by atoms with E-state index in [-0.39, 0.29) is 24.1 Å². The Labute approximate surface area is 181 Å². The number of aromatic nitrogens is 2. The topological polar surface area (TPSA) is 74.5 Å². The number of amides is 1. The van der Waals surface area contributed by atoms with Crippen LogP contribution in [0.3, 0.4) is 0 Å². The third-order valence-electron chi connectivity index (χ3n) is 5.66. The molecule has 1 amide bonds. The average Bonchev–Trinajstić information content (AvgIpc) is 3.25. The lowest BCUT2D eigenvalue weighted by atomic mass is 10.1. The van der Waals surface area contributed by atoms with Gasteiger partial charge in [-0.25, -0.2) is 4.79 Å². The highest BCUT2D eigenvalue weighted by Gasteiger charge is 2.22. The Morgan fingerprint density at radius 1 is 1.19 bits per heavy atom. The lowest BCUT2D eigenvalue weighted by Crippen LogP contribution is -2.28. The van der Waals surface area contributed by atoms with Gasteiger partial charge in [0.1, 0.15) is 17.6 Å². The Morgan fingerprint density at radius 2 is 1.94 bits per heavy atom. The monoisotopic (exact) mass is 423 g/mol. The minimum atomic E-state index is -0.113. The molecule has 0 unspecified atom stereocenters. The molecule has 0 spiro atoms. The number of nitrogens with zero attached hydrogens (tertiary/aromatic N) is 2. The first-order chi connectivity index (χ1) is 15.0. The van der Waals surface area contributed by atoms with Crippen LogP contribution in [0.5, 0.6) is 11.5 Å². The number of hydrogen-bond acceptors (Lipinski definition) is 4. The molecule has 0 aliphatic carbocycles. The quantitative estimate of drug-likeness (QED) is 0.604. The molecule has 7 heteroatoms. The first-order valence-electron chi connectivity index (χ1n) is 10.9. The van der Waals surface area contributed by atoms with Gasteiger partial charge in [0.05, 0.1) is 17.6 Å². The third kappa shape index (κ3) is 4.17. The van der Waals surface area contributed by atoms with Gasteiger partial charge in [0.25, 0.3) is 0 Å². The van der Waals surface area contributed by atoms with Crippen LogP contribution in [0.25, 0.3) is 11.0 Å². The van der Waals surface area contributed by atoms with E-state index in [1.165, 1.54) is 0 Å². The highest BCUT2D eigenvalue weighted by molar-refractivity contribution is 5.78. The molecule has 0 bridgehead atoms. The number of nitrogens with one attached hydrogen (secondary N) is 1. The van der Waals surface area contributed by atoms with Crippen molar-refractivity contribution in [2.24, 2.45) is 0 Å². The maximum Gasteiger partial charge on any atom is 0.329 e. The van der Waals surface area contributed by atoms with Gasteiger partial charge in [-0.15, -0.1) is 0 Å². The van der Waals surface area contributed by atoms with Crippen LogP contribution in [-0.2, 0) is 30.8 Å². The molecule has 2 aromatic carbocycles. The van der Waals surface area contributed by atoms with Crippen LogP contribution >= 0.6 is 0 Å². The maximum atomic E-state index is 12.7. The Balaban J connectivity index is 1.44. The molecule has 1 aliphatic rings. The molecule has 31 heavy (non-hydrogen) atoms. The van der Waals surface area contributed by atoms with Crippen molar-refractivity contribution >= 4 is 16.9 Å². The molecular formula is C24H29N3O4. The summed E-state index contributed by atoms with van der Waals surface area (Å²) in [5.74, 6) is 1.53. The fraction of sp³-hybridized carbons (Fsp3) is 0.417. The normalized spacial score (nSPS) is 15.0. The zero-order chi connectivity index (χ0) is 22.0. The number of carbonyl (C=O) groups is 1.